The van der Waals surface area contributed by atoms with Crippen molar-refractivity contribution < 1.29 is 37.2 Å². The number of phosphoric ester groups is 1. The molecule has 16 heteroatoms. The standard InChI is InChI=1S/C13H17N5O9P2/c1-2-3-24-7-4-9(26-8(7)5-25-29(22,23)27-28(20)21)18-6-15-10-11(18)16-13(14)17-12(10)19/h2,6-9H,1,3-5H2,(H4-,14,16,17,19,20,21,22,23)/p+1/t7-,8-,9-/m1/s1. The molecule has 0 spiro atoms. The zero-order valence-electron chi connectivity index (χ0n) is 14.8. The van der Waals surface area contributed by atoms with Crippen molar-refractivity contribution in [3.8, 4) is 0 Å². The molecule has 29 heavy (non-hydrogen) atoms. The number of hydrogen-bond donors (Lipinski definition) is 4. The van der Waals surface area contributed by atoms with Gasteiger partial charge in [-0.1, -0.05) is 6.08 Å². The molecule has 5 atom stereocenters. The molecule has 2 aromatic rings. The highest BCUT2D eigenvalue weighted by molar-refractivity contribution is 7.55. The summed E-state index contributed by atoms with van der Waals surface area (Å²) in [6.45, 7) is 3.25. The number of fused-ring (bicyclic) bond motifs is 1. The van der Waals surface area contributed by atoms with E-state index >= 15 is 0 Å². The third-order valence-corrected chi connectivity index (χ3v) is 5.80. The smallest absolute Gasteiger partial charge is 0.371 e. The summed E-state index contributed by atoms with van der Waals surface area (Å²) in [6.07, 6.45) is 0.963. The Kier molecular flexibility index (Phi) is 6.56. The molecule has 158 valence electrons. The van der Waals surface area contributed by atoms with Crippen LogP contribution in [0.3, 0.4) is 0 Å². The van der Waals surface area contributed by atoms with Crippen LogP contribution < -0.4 is 11.3 Å². The zero-order chi connectivity index (χ0) is 21.2. The van der Waals surface area contributed by atoms with E-state index < -0.39 is 46.7 Å². The van der Waals surface area contributed by atoms with Crippen molar-refractivity contribution in [2.24, 2.45) is 0 Å². The van der Waals surface area contributed by atoms with Gasteiger partial charge in [0, 0.05) is 11.0 Å². The molecule has 2 unspecified atom stereocenters. The number of anilines is 1. The number of nitrogens with zero attached hydrogens (tertiary/aromatic N) is 3. The zero-order valence-corrected chi connectivity index (χ0v) is 16.6. The number of aromatic nitrogens is 4. The molecule has 0 aliphatic carbocycles. The topological polar surface area (TPSA) is 201 Å². The van der Waals surface area contributed by atoms with E-state index in [1.54, 1.807) is 0 Å². The number of ether oxygens (including phenoxy) is 2. The molecule has 1 aliphatic rings. The third kappa shape index (κ3) is 5.13. The summed E-state index contributed by atoms with van der Waals surface area (Å²) < 4.78 is 43.8. The summed E-state index contributed by atoms with van der Waals surface area (Å²) in [6, 6.07) is 0. The number of nitrogens with one attached hydrogen (secondary N) is 1. The molecule has 3 rings (SSSR count). The summed E-state index contributed by atoms with van der Waals surface area (Å²) in [4.78, 5) is 40.4. The van der Waals surface area contributed by atoms with Crippen molar-refractivity contribution in [1.29, 1.82) is 0 Å². The molecule has 0 bridgehead atoms. The summed E-state index contributed by atoms with van der Waals surface area (Å²) in [5.41, 5.74) is 5.32. The van der Waals surface area contributed by atoms with Crippen molar-refractivity contribution in [3.05, 3.63) is 29.3 Å². The molecule has 0 radical (unpaired) electrons. The highest BCUT2D eigenvalue weighted by Crippen LogP contribution is 2.51. The highest BCUT2D eigenvalue weighted by Gasteiger charge is 2.41. The maximum atomic E-state index is 11.9. The van der Waals surface area contributed by atoms with Crippen LogP contribution in [0.15, 0.2) is 23.8 Å². The van der Waals surface area contributed by atoms with Gasteiger partial charge in [0.05, 0.1) is 25.6 Å². The van der Waals surface area contributed by atoms with Crippen LogP contribution in [0.4, 0.5) is 5.95 Å². The highest BCUT2D eigenvalue weighted by atomic mass is 31.2. The molecule has 1 aliphatic heterocycles. The predicted molar refractivity (Wildman–Crippen MR) is 97.7 cm³/mol. The van der Waals surface area contributed by atoms with Crippen LogP contribution in [0.1, 0.15) is 12.6 Å². The number of H-pyrrole nitrogens is 1. The summed E-state index contributed by atoms with van der Waals surface area (Å²) in [5.74, 6) is -0.0990. The van der Waals surface area contributed by atoms with E-state index in [0.717, 1.165) is 0 Å². The molecule has 2 aromatic heterocycles. The van der Waals surface area contributed by atoms with Crippen molar-refractivity contribution in [3.63, 3.8) is 0 Å². The van der Waals surface area contributed by atoms with E-state index in [2.05, 4.69) is 25.8 Å². The van der Waals surface area contributed by atoms with Crippen LogP contribution in [0.5, 0.6) is 0 Å². The first-order valence-corrected chi connectivity index (χ1v) is 10.8. The first-order valence-electron chi connectivity index (χ1n) is 8.13. The monoisotopic (exact) mass is 450 g/mol. The number of phosphoric acid groups is 1. The van der Waals surface area contributed by atoms with Crippen LogP contribution in [0, 0.1) is 0 Å². The lowest BCUT2D eigenvalue weighted by molar-refractivity contribution is -0.0548. The maximum absolute atomic E-state index is 11.9. The fourth-order valence-corrected chi connectivity index (χ4v) is 4.05. The van der Waals surface area contributed by atoms with Gasteiger partial charge in [0.2, 0.25) is 5.95 Å². The summed E-state index contributed by atoms with van der Waals surface area (Å²) in [5, 5.41) is 0. The first-order chi connectivity index (χ1) is 13.7. The Hall–Kier alpha value is -2.02. The molecule has 0 saturated carbocycles. The number of aromatic amines is 1. The van der Waals surface area contributed by atoms with E-state index in [1.165, 1.54) is 17.0 Å². The minimum absolute atomic E-state index is 0.0612. The second-order valence-electron chi connectivity index (χ2n) is 5.88. The fraction of sp³-hybridized carbons (Fsp3) is 0.462. The lowest BCUT2D eigenvalue weighted by Crippen LogP contribution is -2.29. The van der Waals surface area contributed by atoms with Gasteiger partial charge in [-0.25, -0.2) is 9.55 Å². The Bertz CT molecular complexity index is 1020. The van der Waals surface area contributed by atoms with Crippen LogP contribution in [0.25, 0.3) is 11.2 Å². The number of rotatable bonds is 9. The predicted octanol–water partition coefficient (Wildman–Crippen LogP) is 0.344. The van der Waals surface area contributed by atoms with Gasteiger partial charge in [-0.05, 0) is 4.31 Å². The number of nitrogens with two attached hydrogens (primary N) is 1. The number of nitrogen functional groups attached to an aromatic ring is 1. The van der Waals surface area contributed by atoms with Crippen molar-refractivity contribution >= 4 is 33.2 Å². The first kappa shape index (κ1) is 21.7. The largest absolute Gasteiger partial charge is 0.705 e. The fourth-order valence-electron chi connectivity index (χ4n) is 2.82. The van der Waals surface area contributed by atoms with Crippen LogP contribution in [-0.4, -0.2) is 54.7 Å². The van der Waals surface area contributed by atoms with Gasteiger partial charge >= 0.3 is 16.1 Å². The maximum Gasteiger partial charge on any atom is 0.705 e. The molecular formula is C13H18N5O9P2+. The molecule has 3 heterocycles. The van der Waals surface area contributed by atoms with Gasteiger partial charge in [-0.2, -0.15) is 4.98 Å². The van der Waals surface area contributed by atoms with Crippen molar-refractivity contribution in [1.82, 2.24) is 19.5 Å². The lowest BCUT2D eigenvalue weighted by Gasteiger charge is -2.18. The minimum Gasteiger partial charge on any atom is -0.371 e. The van der Waals surface area contributed by atoms with Gasteiger partial charge < -0.3 is 15.2 Å². The van der Waals surface area contributed by atoms with Gasteiger partial charge in [-0.3, -0.25) is 23.8 Å². The van der Waals surface area contributed by atoms with Gasteiger partial charge in [0.25, 0.3) is 5.56 Å². The summed E-state index contributed by atoms with van der Waals surface area (Å²) in [7, 11) is -8.10. The Balaban J connectivity index is 1.80. The van der Waals surface area contributed by atoms with E-state index in [0.29, 0.717) is 0 Å². The third-order valence-electron chi connectivity index (χ3n) is 3.94. The van der Waals surface area contributed by atoms with E-state index in [1.807, 2.05) is 0 Å². The molecule has 1 saturated heterocycles. The molecule has 5 N–H and O–H groups in total. The van der Waals surface area contributed by atoms with Crippen molar-refractivity contribution in [2.75, 3.05) is 18.9 Å². The molecule has 1 fully saturated rings. The normalized spacial score (nSPS) is 24.5. The number of hydrogen-bond acceptors (Lipinski definition) is 10. The Morgan fingerprint density at radius 2 is 2.34 bits per heavy atom. The molecule has 0 amide bonds. The molecule has 14 nitrogen and oxygen atoms in total. The number of imidazole rings is 1. The van der Waals surface area contributed by atoms with E-state index in [9.17, 15) is 18.8 Å². The second-order valence-corrected chi connectivity index (χ2v) is 8.21. The van der Waals surface area contributed by atoms with Crippen LogP contribution >= 0.6 is 16.1 Å². The average Bonchev–Trinajstić information content (AvgIpc) is 3.21. The van der Waals surface area contributed by atoms with Crippen molar-refractivity contribution in [2.45, 2.75) is 24.9 Å². The Morgan fingerprint density at radius 1 is 1.59 bits per heavy atom. The molecule has 0 aromatic carbocycles. The van der Waals surface area contributed by atoms with Gasteiger partial charge in [0.15, 0.2) is 11.2 Å². The van der Waals surface area contributed by atoms with Crippen LogP contribution in [-0.2, 0) is 27.4 Å². The Labute approximate surface area is 163 Å². The van der Waals surface area contributed by atoms with E-state index in [-0.39, 0.29) is 30.1 Å². The summed E-state index contributed by atoms with van der Waals surface area (Å²) >= 11 is 0. The Morgan fingerprint density at radius 3 is 3.03 bits per heavy atom. The lowest BCUT2D eigenvalue weighted by atomic mass is 10.2. The second kappa shape index (κ2) is 8.78. The SMILES string of the molecule is C=CCO[C@@H]1C[C@H](n2cnc3c(=O)[nH]c(N)nc32)O[C@@H]1COP(=O)(O)O[P+](=O)O. The molecular weight excluding hydrogens is 432 g/mol. The van der Waals surface area contributed by atoms with Gasteiger partial charge in [0.1, 0.15) is 12.3 Å². The quantitative estimate of drug-likeness (QED) is 0.302. The van der Waals surface area contributed by atoms with Crippen LogP contribution in [0.2, 0.25) is 0 Å². The average molecular weight is 450 g/mol. The van der Waals surface area contributed by atoms with E-state index in [4.69, 9.17) is 24.6 Å². The van der Waals surface area contributed by atoms with Gasteiger partial charge in [-0.15, -0.1) is 11.5 Å². The minimum atomic E-state index is -4.77.